The van der Waals surface area contributed by atoms with Crippen molar-refractivity contribution in [3.05, 3.63) is 82.0 Å². The minimum atomic E-state index is -0.793. The molecule has 38 heavy (non-hydrogen) atoms. The molecule has 1 aliphatic heterocycles. The van der Waals surface area contributed by atoms with Gasteiger partial charge in [-0.05, 0) is 79.7 Å². The number of carboxylic acid groups (broad SMARTS) is 1. The minimum Gasteiger partial charge on any atom is -0.481 e. The number of aliphatic carboxylic acids is 1. The van der Waals surface area contributed by atoms with Crippen molar-refractivity contribution in [2.24, 2.45) is 11.8 Å². The van der Waals surface area contributed by atoms with Crippen LogP contribution in [0, 0.1) is 25.7 Å². The van der Waals surface area contributed by atoms with E-state index in [4.69, 9.17) is 4.42 Å². The molecule has 5 rings (SSSR count). The van der Waals surface area contributed by atoms with Gasteiger partial charge in [-0.15, -0.1) is 0 Å². The summed E-state index contributed by atoms with van der Waals surface area (Å²) in [6.45, 7) is 8.72. The molecule has 2 aliphatic carbocycles. The fourth-order valence-electron chi connectivity index (χ4n) is 7.10. The average molecular weight is 514 g/mol. The van der Waals surface area contributed by atoms with E-state index in [2.05, 4.69) is 63.5 Å². The van der Waals surface area contributed by atoms with Crippen molar-refractivity contribution in [1.82, 2.24) is 5.32 Å². The molecule has 1 saturated carbocycles. The molecule has 202 valence electrons. The van der Waals surface area contributed by atoms with Crippen molar-refractivity contribution in [1.29, 1.82) is 0 Å². The van der Waals surface area contributed by atoms with Crippen molar-refractivity contribution in [2.45, 2.75) is 97.4 Å². The van der Waals surface area contributed by atoms with Gasteiger partial charge in [-0.25, -0.2) is 0 Å². The fourth-order valence-corrected chi connectivity index (χ4v) is 7.10. The van der Waals surface area contributed by atoms with Crippen LogP contribution in [0.15, 0.2) is 52.6 Å². The number of rotatable bonds is 7. The molecule has 0 spiro atoms. The normalized spacial score (nSPS) is 24.0. The van der Waals surface area contributed by atoms with Gasteiger partial charge in [-0.2, -0.15) is 0 Å². The maximum atomic E-state index is 11.2. The Morgan fingerprint density at radius 3 is 2.50 bits per heavy atom. The Balaban J connectivity index is 1.52. The van der Waals surface area contributed by atoms with Crippen LogP contribution in [0.25, 0.3) is 11.1 Å². The number of fused-ring (bicyclic) bond motifs is 1. The number of benzene rings is 1. The van der Waals surface area contributed by atoms with E-state index in [0.717, 1.165) is 42.3 Å². The van der Waals surface area contributed by atoms with Crippen molar-refractivity contribution in [3.63, 3.8) is 0 Å². The van der Waals surface area contributed by atoms with Gasteiger partial charge in [0.05, 0.1) is 12.0 Å². The van der Waals surface area contributed by atoms with Crippen LogP contribution in [0.2, 0.25) is 0 Å². The van der Waals surface area contributed by atoms with E-state index in [1.807, 2.05) is 12.1 Å². The number of furan rings is 1. The maximum Gasteiger partial charge on any atom is 0.307 e. The Hall–Kier alpha value is -3.01. The lowest BCUT2D eigenvalue weighted by Crippen LogP contribution is -2.43. The van der Waals surface area contributed by atoms with Gasteiger partial charge in [0.2, 0.25) is 0 Å². The van der Waals surface area contributed by atoms with E-state index in [1.54, 1.807) is 0 Å². The van der Waals surface area contributed by atoms with Crippen LogP contribution in [-0.2, 0) is 17.6 Å². The third kappa shape index (κ3) is 5.28. The summed E-state index contributed by atoms with van der Waals surface area (Å²) >= 11 is 0. The van der Waals surface area contributed by atoms with E-state index in [1.165, 1.54) is 71.9 Å². The van der Waals surface area contributed by atoms with Crippen LogP contribution in [0.5, 0.6) is 0 Å². The molecule has 1 aromatic heterocycles. The minimum absolute atomic E-state index is 0.0551. The summed E-state index contributed by atoms with van der Waals surface area (Å²) in [5.74, 6) is 2.64. The molecule has 2 aromatic rings. The zero-order chi connectivity index (χ0) is 26.9. The predicted molar refractivity (Wildman–Crippen MR) is 155 cm³/mol. The van der Waals surface area contributed by atoms with E-state index >= 15 is 0 Å². The Kier molecular flexibility index (Phi) is 7.70. The van der Waals surface area contributed by atoms with Gasteiger partial charge in [0.15, 0.2) is 0 Å². The monoisotopic (exact) mass is 513 g/mol. The molecule has 2 heterocycles. The number of allylic oxidation sites excluding steroid dienone is 3. The van der Waals surface area contributed by atoms with Crippen LogP contribution < -0.4 is 5.32 Å². The first-order chi connectivity index (χ1) is 18.3. The zero-order valence-corrected chi connectivity index (χ0v) is 23.5. The van der Waals surface area contributed by atoms with E-state index in [9.17, 15) is 9.90 Å². The van der Waals surface area contributed by atoms with Crippen molar-refractivity contribution in [2.75, 3.05) is 0 Å². The number of nitrogens with one attached hydrogen (secondary N) is 1. The summed E-state index contributed by atoms with van der Waals surface area (Å²) in [5, 5.41) is 13.1. The number of carboxylic acids is 1. The molecule has 1 fully saturated rings. The maximum absolute atomic E-state index is 11.2. The molecule has 4 heteroatoms. The van der Waals surface area contributed by atoms with Gasteiger partial charge >= 0.3 is 5.97 Å². The largest absolute Gasteiger partial charge is 0.481 e. The number of carbonyl (C=O) groups is 1. The van der Waals surface area contributed by atoms with Crippen LogP contribution >= 0.6 is 0 Å². The van der Waals surface area contributed by atoms with Gasteiger partial charge in [-0.3, -0.25) is 4.79 Å². The molecule has 1 aromatic carbocycles. The topological polar surface area (TPSA) is 62.5 Å². The highest BCUT2D eigenvalue weighted by Gasteiger charge is 2.38. The van der Waals surface area contributed by atoms with Gasteiger partial charge in [0, 0.05) is 23.8 Å². The molecule has 4 nitrogen and oxygen atoms in total. The quantitative estimate of drug-likeness (QED) is 0.392. The molecule has 3 aliphatic rings. The third-order valence-electron chi connectivity index (χ3n) is 9.23. The lowest BCUT2D eigenvalue weighted by molar-refractivity contribution is -0.136. The van der Waals surface area contributed by atoms with E-state index in [0.29, 0.717) is 5.92 Å². The molecule has 1 unspecified atom stereocenters. The van der Waals surface area contributed by atoms with E-state index in [-0.39, 0.29) is 12.0 Å². The number of hydrogen-bond donors (Lipinski definition) is 2. The molecule has 0 saturated heterocycles. The lowest BCUT2D eigenvalue weighted by atomic mass is 9.77. The Morgan fingerprint density at radius 1 is 1.11 bits per heavy atom. The van der Waals surface area contributed by atoms with Crippen LogP contribution in [0.4, 0.5) is 0 Å². The number of aryl methyl sites for hydroxylation is 2. The number of hydrogen-bond acceptors (Lipinski definition) is 3. The Labute approximate surface area is 227 Å². The first kappa shape index (κ1) is 26.6. The van der Waals surface area contributed by atoms with E-state index < -0.39 is 5.97 Å². The van der Waals surface area contributed by atoms with Crippen LogP contribution in [0.3, 0.4) is 0 Å². The summed E-state index contributed by atoms with van der Waals surface area (Å²) in [6, 6.07) is 8.20. The first-order valence-electron chi connectivity index (χ1n) is 14.6. The molecule has 2 N–H and O–H groups in total. The second kappa shape index (κ2) is 11.0. The summed E-state index contributed by atoms with van der Waals surface area (Å²) in [7, 11) is 0. The third-order valence-corrected chi connectivity index (χ3v) is 9.23. The van der Waals surface area contributed by atoms with Crippen molar-refractivity contribution in [3.8, 4) is 0 Å². The number of dihydropyridines is 1. The highest BCUT2D eigenvalue weighted by atomic mass is 16.4. The molecular weight excluding hydrogens is 470 g/mol. The average Bonchev–Trinajstić information content (AvgIpc) is 3.11. The summed E-state index contributed by atoms with van der Waals surface area (Å²) < 4.78 is 6.11. The zero-order valence-electron chi connectivity index (χ0n) is 23.5. The summed E-state index contributed by atoms with van der Waals surface area (Å²) in [5.41, 5.74) is 8.11. The smallest absolute Gasteiger partial charge is 0.307 e. The summed E-state index contributed by atoms with van der Waals surface area (Å²) in [4.78, 5) is 11.2. The lowest BCUT2D eigenvalue weighted by Gasteiger charge is -2.38. The molecular formula is C34H43NO3. The van der Waals surface area contributed by atoms with Crippen LogP contribution in [-0.4, -0.2) is 16.6 Å². The predicted octanol–water partition coefficient (Wildman–Crippen LogP) is 8.18. The second-order valence-corrected chi connectivity index (χ2v) is 11.9. The van der Waals surface area contributed by atoms with Gasteiger partial charge in [0.25, 0.3) is 0 Å². The first-order valence-corrected chi connectivity index (χ1v) is 14.6. The second-order valence-electron chi connectivity index (χ2n) is 11.9. The van der Waals surface area contributed by atoms with Crippen LogP contribution in [0.1, 0.15) is 99.0 Å². The fraction of sp³-hybridized carbons (Fsp3) is 0.500. The van der Waals surface area contributed by atoms with Gasteiger partial charge in [-0.1, -0.05) is 75.4 Å². The molecule has 0 amide bonds. The molecule has 0 bridgehead atoms. The molecule has 2 atom stereocenters. The van der Waals surface area contributed by atoms with Gasteiger partial charge < -0.3 is 14.8 Å². The highest BCUT2D eigenvalue weighted by molar-refractivity contribution is 5.85. The Morgan fingerprint density at radius 2 is 1.84 bits per heavy atom. The Bertz CT molecular complexity index is 1270. The van der Waals surface area contributed by atoms with Crippen molar-refractivity contribution < 1.29 is 14.3 Å². The summed E-state index contributed by atoms with van der Waals surface area (Å²) in [6.07, 6.45) is 18.5. The standard InChI is InChI=1S/C34H43NO3/c1-5-31-22(2)33(23(3)38-31)28-20-29-16-13-26(17-24-9-7-6-8-10-24)18-30(34(29,4)35-21-28)27-14-11-25(12-15-27)19-32(36)37/h11-12,14-15,18,20-21,24,26,35H,5-10,13,16-17,19H2,1-4H3,(H,36,37)/t26?,34-/m1/s1. The SMILES string of the molecule is CCc1oc(C)c(C2=CN[C@]3(C)C(=C2)CCC(CC2CCCCC2)C=C3c2ccc(CC(=O)O)cc2)c1C. The van der Waals surface area contributed by atoms with Gasteiger partial charge in [0.1, 0.15) is 11.5 Å². The highest BCUT2D eigenvalue weighted by Crippen LogP contribution is 2.46. The van der Waals surface area contributed by atoms with Crippen molar-refractivity contribution >= 4 is 17.1 Å². The molecule has 0 radical (unpaired) electrons.